The molecule has 0 radical (unpaired) electrons. The molecule has 1 amide bonds. The average molecular weight is 437 g/mol. The molecule has 1 aliphatic rings. The largest absolute Gasteiger partial charge is 0.497 e. The van der Waals surface area contributed by atoms with Crippen LogP contribution in [0, 0.1) is 6.92 Å². The lowest BCUT2D eigenvalue weighted by Gasteiger charge is -2.29. The number of rotatable bonds is 9. The zero-order valence-electron chi connectivity index (χ0n) is 17.3. The molecule has 0 unspecified atom stereocenters. The fourth-order valence-corrected chi connectivity index (χ4v) is 4.77. The number of anilines is 1. The van der Waals surface area contributed by atoms with Crippen molar-refractivity contribution in [1.82, 2.24) is 14.4 Å². The molecule has 1 fully saturated rings. The highest BCUT2D eigenvalue weighted by Gasteiger charge is 2.27. The fourth-order valence-electron chi connectivity index (χ4n) is 3.38. The molecule has 2 aromatic rings. The van der Waals surface area contributed by atoms with Crippen LogP contribution in [0.4, 0.5) is 5.82 Å². The van der Waals surface area contributed by atoms with Gasteiger partial charge in [-0.15, -0.1) is 0 Å². The van der Waals surface area contributed by atoms with Gasteiger partial charge in [0.25, 0.3) is 0 Å². The molecule has 1 aromatic carbocycles. The summed E-state index contributed by atoms with van der Waals surface area (Å²) in [5.41, 5.74) is 0. The summed E-state index contributed by atoms with van der Waals surface area (Å²) < 4.78 is 37.8. The predicted octanol–water partition coefficient (Wildman–Crippen LogP) is 2.11. The van der Waals surface area contributed by atoms with E-state index in [0.717, 1.165) is 25.9 Å². The maximum absolute atomic E-state index is 13.2. The predicted molar refractivity (Wildman–Crippen MR) is 112 cm³/mol. The molecule has 1 N–H and O–H groups in total. The third kappa shape index (κ3) is 5.80. The zero-order chi connectivity index (χ0) is 21.6. The minimum absolute atomic E-state index is 0.118. The van der Waals surface area contributed by atoms with E-state index in [-0.39, 0.29) is 23.8 Å². The summed E-state index contributed by atoms with van der Waals surface area (Å²) in [6.07, 6.45) is 3.42. The molecule has 1 aromatic heterocycles. The van der Waals surface area contributed by atoms with Gasteiger partial charge >= 0.3 is 0 Å². The summed E-state index contributed by atoms with van der Waals surface area (Å²) in [7, 11) is -2.34. The number of hydrogen-bond donors (Lipinski definition) is 1. The summed E-state index contributed by atoms with van der Waals surface area (Å²) in [6.45, 7) is 4.09. The first kappa shape index (κ1) is 22.3. The third-order valence-electron chi connectivity index (χ3n) is 5.03. The lowest BCUT2D eigenvalue weighted by atomic mass is 10.1. The number of piperidine rings is 1. The van der Waals surface area contributed by atoms with E-state index in [1.54, 1.807) is 25.1 Å². The standard InChI is InChI=1S/C20H28N4O5S/c1-16-14-19(22-29-16)21-20(25)15-24(13-12-23-10-4-3-5-11-23)30(26,27)18-8-6-17(28-2)7-9-18/h6-9,14H,3-5,10-13,15H2,1-2H3,(H,21,22,25). The number of carbonyl (C=O) groups is 1. The monoisotopic (exact) mass is 436 g/mol. The van der Waals surface area contributed by atoms with Crippen molar-refractivity contribution < 1.29 is 22.5 Å². The van der Waals surface area contributed by atoms with Crippen LogP contribution in [-0.2, 0) is 14.8 Å². The summed E-state index contributed by atoms with van der Waals surface area (Å²) in [6, 6.07) is 7.73. The van der Waals surface area contributed by atoms with E-state index >= 15 is 0 Å². The molecule has 164 valence electrons. The molecule has 0 atom stereocenters. The Kier molecular flexibility index (Phi) is 7.46. The first-order chi connectivity index (χ1) is 14.4. The number of sulfonamides is 1. The first-order valence-electron chi connectivity index (χ1n) is 9.98. The van der Waals surface area contributed by atoms with Crippen LogP contribution in [0.2, 0.25) is 0 Å². The van der Waals surface area contributed by atoms with Crippen molar-refractivity contribution in [1.29, 1.82) is 0 Å². The molecule has 3 rings (SSSR count). The van der Waals surface area contributed by atoms with Crippen LogP contribution in [-0.4, -0.2) is 68.5 Å². The van der Waals surface area contributed by atoms with Gasteiger partial charge in [-0.3, -0.25) is 4.79 Å². The lowest BCUT2D eigenvalue weighted by molar-refractivity contribution is -0.116. The van der Waals surface area contributed by atoms with Crippen molar-refractivity contribution in [2.45, 2.75) is 31.1 Å². The number of aryl methyl sites for hydroxylation is 1. The van der Waals surface area contributed by atoms with Gasteiger partial charge in [0, 0.05) is 19.2 Å². The SMILES string of the molecule is COc1ccc(S(=O)(=O)N(CCN2CCCCC2)CC(=O)Nc2cc(C)on2)cc1. The van der Waals surface area contributed by atoms with Crippen molar-refractivity contribution in [2.75, 3.05) is 45.2 Å². The first-order valence-corrected chi connectivity index (χ1v) is 11.4. The molecule has 0 spiro atoms. The van der Waals surface area contributed by atoms with Crippen LogP contribution in [0.5, 0.6) is 5.75 Å². The van der Waals surface area contributed by atoms with E-state index < -0.39 is 15.9 Å². The third-order valence-corrected chi connectivity index (χ3v) is 6.89. The van der Waals surface area contributed by atoms with Gasteiger partial charge in [0.2, 0.25) is 15.9 Å². The molecule has 1 saturated heterocycles. The molecular formula is C20H28N4O5S. The number of methoxy groups -OCH3 is 1. The highest BCUT2D eigenvalue weighted by Crippen LogP contribution is 2.20. The van der Waals surface area contributed by atoms with Gasteiger partial charge in [0.1, 0.15) is 11.5 Å². The highest BCUT2D eigenvalue weighted by molar-refractivity contribution is 7.89. The van der Waals surface area contributed by atoms with Crippen LogP contribution < -0.4 is 10.1 Å². The van der Waals surface area contributed by atoms with E-state index in [2.05, 4.69) is 15.4 Å². The number of nitrogens with one attached hydrogen (secondary N) is 1. The number of aromatic nitrogens is 1. The molecule has 0 aliphatic carbocycles. The van der Waals surface area contributed by atoms with Crippen molar-refractivity contribution in [3.05, 3.63) is 36.1 Å². The normalized spacial score (nSPS) is 15.3. The minimum Gasteiger partial charge on any atom is -0.497 e. The molecule has 10 heteroatoms. The van der Waals surface area contributed by atoms with Crippen molar-refractivity contribution >= 4 is 21.7 Å². The topological polar surface area (TPSA) is 105 Å². The number of likely N-dealkylation sites (tertiary alicyclic amines) is 1. The van der Waals surface area contributed by atoms with Gasteiger partial charge in [-0.2, -0.15) is 4.31 Å². The summed E-state index contributed by atoms with van der Waals surface area (Å²) in [5, 5.41) is 6.31. The molecule has 1 aliphatic heterocycles. The maximum Gasteiger partial charge on any atom is 0.243 e. The highest BCUT2D eigenvalue weighted by atomic mass is 32.2. The number of nitrogens with zero attached hydrogens (tertiary/aromatic N) is 3. The number of benzene rings is 1. The van der Waals surface area contributed by atoms with Gasteiger partial charge < -0.3 is 19.5 Å². The van der Waals surface area contributed by atoms with Gasteiger partial charge in [-0.05, 0) is 57.1 Å². The molecule has 0 bridgehead atoms. The van der Waals surface area contributed by atoms with Crippen LogP contribution >= 0.6 is 0 Å². The molecular weight excluding hydrogens is 408 g/mol. The molecule has 0 saturated carbocycles. The second-order valence-electron chi connectivity index (χ2n) is 7.29. The Bertz CT molecular complexity index is 936. The van der Waals surface area contributed by atoms with E-state index in [4.69, 9.17) is 9.26 Å². The van der Waals surface area contributed by atoms with E-state index in [1.165, 1.54) is 30.0 Å². The Morgan fingerprint density at radius 3 is 2.53 bits per heavy atom. The van der Waals surface area contributed by atoms with Crippen molar-refractivity contribution in [2.24, 2.45) is 0 Å². The van der Waals surface area contributed by atoms with Crippen LogP contribution in [0.3, 0.4) is 0 Å². The van der Waals surface area contributed by atoms with Gasteiger partial charge in [-0.25, -0.2) is 8.42 Å². The van der Waals surface area contributed by atoms with Crippen LogP contribution in [0.25, 0.3) is 0 Å². The number of hydrogen-bond acceptors (Lipinski definition) is 7. The average Bonchev–Trinajstić information content (AvgIpc) is 3.16. The molecule has 30 heavy (non-hydrogen) atoms. The number of ether oxygens (including phenoxy) is 1. The Balaban J connectivity index is 1.75. The van der Waals surface area contributed by atoms with Gasteiger partial charge in [-0.1, -0.05) is 11.6 Å². The van der Waals surface area contributed by atoms with Crippen molar-refractivity contribution in [3.8, 4) is 5.75 Å². The Labute approximate surface area is 177 Å². The zero-order valence-corrected chi connectivity index (χ0v) is 18.2. The Morgan fingerprint density at radius 2 is 1.93 bits per heavy atom. The van der Waals surface area contributed by atoms with E-state index in [9.17, 15) is 13.2 Å². The number of carbonyl (C=O) groups excluding carboxylic acids is 1. The molecule has 9 nitrogen and oxygen atoms in total. The smallest absolute Gasteiger partial charge is 0.243 e. The summed E-state index contributed by atoms with van der Waals surface area (Å²) >= 11 is 0. The van der Waals surface area contributed by atoms with Crippen LogP contribution in [0.15, 0.2) is 39.8 Å². The van der Waals surface area contributed by atoms with E-state index in [0.29, 0.717) is 18.1 Å². The second-order valence-corrected chi connectivity index (χ2v) is 9.23. The molecule has 2 heterocycles. The summed E-state index contributed by atoms with van der Waals surface area (Å²) in [5.74, 6) is 0.903. The van der Waals surface area contributed by atoms with Gasteiger partial charge in [0.15, 0.2) is 5.82 Å². The van der Waals surface area contributed by atoms with E-state index in [1.807, 2.05) is 0 Å². The lowest BCUT2D eigenvalue weighted by Crippen LogP contribution is -2.43. The van der Waals surface area contributed by atoms with Crippen molar-refractivity contribution in [3.63, 3.8) is 0 Å². The maximum atomic E-state index is 13.2. The Hall–Kier alpha value is -2.43. The quantitative estimate of drug-likeness (QED) is 0.642. The summed E-state index contributed by atoms with van der Waals surface area (Å²) in [4.78, 5) is 14.9. The minimum atomic E-state index is -3.86. The Morgan fingerprint density at radius 1 is 1.23 bits per heavy atom. The fraction of sp³-hybridized carbons (Fsp3) is 0.500. The van der Waals surface area contributed by atoms with Gasteiger partial charge in [0.05, 0.1) is 18.6 Å². The number of amides is 1. The second kappa shape index (κ2) is 10.1. The van der Waals surface area contributed by atoms with Crippen LogP contribution in [0.1, 0.15) is 25.0 Å².